The van der Waals surface area contributed by atoms with Gasteiger partial charge in [-0.15, -0.1) is 11.3 Å². The molecule has 112 valence electrons. The van der Waals surface area contributed by atoms with Crippen molar-refractivity contribution >= 4 is 29.0 Å². The van der Waals surface area contributed by atoms with Crippen molar-refractivity contribution < 1.29 is 4.79 Å². The number of hydrogen-bond acceptors (Lipinski definition) is 5. The molecule has 6 heteroatoms. The Morgan fingerprint density at radius 3 is 3.20 bits per heavy atom. The van der Waals surface area contributed by atoms with Crippen molar-refractivity contribution in [2.24, 2.45) is 5.73 Å². The van der Waals surface area contributed by atoms with Crippen LogP contribution in [-0.2, 0) is 6.42 Å². The van der Waals surface area contributed by atoms with Crippen LogP contribution in [0.15, 0.2) is 5.38 Å². The Bertz CT molecular complexity index is 436. The van der Waals surface area contributed by atoms with Crippen LogP contribution < -0.4 is 5.73 Å². The molecule has 0 radical (unpaired) electrons. The molecule has 2 heterocycles. The molecule has 4 nitrogen and oxygen atoms in total. The van der Waals surface area contributed by atoms with Gasteiger partial charge >= 0.3 is 0 Å². The minimum Gasteiger partial charge on any atom is -0.336 e. The molecule has 1 saturated heterocycles. The number of thioether (sulfide) groups is 1. The van der Waals surface area contributed by atoms with Crippen LogP contribution in [0.5, 0.6) is 0 Å². The first-order valence-corrected chi connectivity index (χ1v) is 9.22. The predicted octanol–water partition coefficient (Wildman–Crippen LogP) is 2.39. The van der Waals surface area contributed by atoms with Gasteiger partial charge in [-0.05, 0) is 25.1 Å². The molecule has 1 aliphatic rings. The summed E-state index contributed by atoms with van der Waals surface area (Å²) in [4.78, 5) is 19.0. The Balaban J connectivity index is 2.01. The summed E-state index contributed by atoms with van der Waals surface area (Å²) >= 11 is 3.51. The second kappa shape index (κ2) is 8.00. The molecule has 1 unspecified atom stereocenters. The largest absolute Gasteiger partial charge is 0.336 e. The van der Waals surface area contributed by atoms with Gasteiger partial charge in [0.2, 0.25) is 0 Å². The van der Waals surface area contributed by atoms with Crippen LogP contribution in [-0.4, -0.2) is 46.4 Å². The van der Waals surface area contributed by atoms with Gasteiger partial charge < -0.3 is 10.6 Å². The van der Waals surface area contributed by atoms with E-state index in [1.807, 2.05) is 22.0 Å². The van der Waals surface area contributed by atoms with E-state index in [2.05, 4.69) is 11.9 Å². The monoisotopic (exact) mass is 313 g/mol. The number of carbonyl (C=O) groups is 1. The highest BCUT2D eigenvalue weighted by Gasteiger charge is 2.24. The summed E-state index contributed by atoms with van der Waals surface area (Å²) in [5, 5.41) is 3.42. The van der Waals surface area contributed by atoms with Crippen LogP contribution in [0.3, 0.4) is 0 Å². The van der Waals surface area contributed by atoms with E-state index >= 15 is 0 Å². The summed E-state index contributed by atoms with van der Waals surface area (Å²) in [6.45, 7) is 4.49. The van der Waals surface area contributed by atoms with Crippen LogP contribution in [0.2, 0.25) is 0 Å². The van der Waals surface area contributed by atoms with E-state index in [0.29, 0.717) is 17.5 Å². The lowest BCUT2D eigenvalue weighted by Crippen LogP contribution is -2.35. The normalized spacial score (nSPS) is 19.9. The lowest BCUT2D eigenvalue weighted by molar-refractivity contribution is 0.0758. The summed E-state index contributed by atoms with van der Waals surface area (Å²) in [5.41, 5.74) is 6.13. The molecule has 2 rings (SSSR count). The van der Waals surface area contributed by atoms with Crippen molar-refractivity contribution in [3.8, 4) is 0 Å². The maximum absolute atomic E-state index is 12.5. The van der Waals surface area contributed by atoms with Gasteiger partial charge in [0.15, 0.2) is 0 Å². The highest BCUT2D eigenvalue weighted by Crippen LogP contribution is 2.23. The fraction of sp³-hybridized carbons (Fsp3) is 0.714. The molecule has 1 aromatic rings. The molecular formula is C14H23N3OS2. The third-order valence-electron chi connectivity index (χ3n) is 3.45. The number of carbonyl (C=O) groups excluding carboxylic acids is 1. The lowest BCUT2D eigenvalue weighted by Gasteiger charge is -2.23. The Kier molecular flexibility index (Phi) is 6.32. The maximum atomic E-state index is 12.5. The summed E-state index contributed by atoms with van der Waals surface area (Å²) in [7, 11) is 0. The van der Waals surface area contributed by atoms with Crippen molar-refractivity contribution in [1.29, 1.82) is 0 Å². The SMILES string of the molecule is CCSC1CCCCN(C(=O)c2csc(CCN)n2)C1. The summed E-state index contributed by atoms with van der Waals surface area (Å²) in [6, 6.07) is 0. The first kappa shape index (κ1) is 15.8. The van der Waals surface area contributed by atoms with Gasteiger partial charge in [-0.25, -0.2) is 4.98 Å². The van der Waals surface area contributed by atoms with Crippen LogP contribution in [0.1, 0.15) is 41.7 Å². The summed E-state index contributed by atoms with van der Waals surface area (Å²) in [5.74, 6) is 1.21. The van der Waals surface area contributed by atoms with E-state index in [1.165, 1.54) is 24.2 Å². The number of nitrogens with zero attached hydrogens (tertiary/aromatic N) is 2. The van der Waals surface area contributed by atoms with Crippen LogP contribution in [0.25, 0.3) is 0 Å². The number of rotatable bonds is 5. The van der Waals surface area contributed by atoms with Gasteiger partial charge in [0.25, 0.3) is 5.91 Å². The van der Waals surface area contributed by atoms with Crippen molar-refractivity contribution in [2.45, 2.75) is 37.9 Å². The Hall–Kier alpha value is -0.590. The molecule has 1 aromatic heterocycles. The lowest BCUT2D eigenvalue weighted by atomic mass is 10.2. The molecule has 0 aromatic carbocycles. The number of nitrogens with two attached hydrogens (primary N) is 1. The van der Waals surface area contributed by atoms with E-state index < -0.39 is 0 Å². The Labute approximate surface area is 129 Å². The quantitative estimate of drug-likeness (QED) is 0.907. The Morgan fingerprint density at radius 1 is 1.60 bits per heavy atom. The van der Waals surface area contributed by atoms with Gasteiger partial charge in [-0.1, -0.05) is 13.3 Å². The molecule has 20 heavy (non-hydrogen) atoms. The second-order valence-corrected chi connectivity index (χ2v) is 7.51. The van der Waals surface area contributed by atoms with Gasteiger partial charge in [-0.2, -0.15) is 11.8 Å². The van der Waals surface area contributed by atoms with Crippen molar-refractivity contribution in [3.63, 3.8) is 0 Å². The zero-order valence-electron chi connectivity index (χ0n) is 12.0. The van der Waals surface area contributed by atoms with E-state index in [9.17, 15) is 4.79 Å². The molecule has 0 spiro atoms. The van der Waals surface area contributed by atoms with Gasteiger partial charge in [0.05, 0.1) is 5.01 Å². The highest BCUT2D eigenvalue weighted by molar-refractivity contribution is 7.99. The minimum atomic E-state index is 0.0909. The predicted molar refractivity (Wildman–Crippen MR) is 86.5 cm³/mol. The molecule has 1 fully saturated rings. The Morgan fingerprint density at radius 2 is 2.45 bits per heavy atom. The van der Waals surface area contributed by atoms with Crippen molar-refractivity contribution in [3.05, 3.63) is 16.1 Å². The smallest absolute Gasteiger partial charge is 0.273 e. The number of likely N-dealkylation sites (tertiary alicyclic amines) is 1. The molecule has 0 saturated carbocycles. The summed E-state index contributed by atoms with van der Waals surface area (Å²) in [6.07, 6.45) is 4.30. The van der Waals surface area contributed by atoms with E-state index in [-0.39, 0.29) is 5.91 Å². The molecule has 1 atom stereocenters. The van der Waals surface area contributed by atoms with Crippen LogP contribution in [0.4, 0.5) is 0 Å². The second-order valence-electron chi connectivity index (χ2n) is 4.99. The molecule has 2 N–H and O–H groups in total. The number of aromatic nitrogens is 1. The number of hydrogen-bond donors (Lipinski definition) is 1. The van der Waals surface area contributed by atoms with Crippen molar-refractivity contribution in [1.82, 2.24) is 9.88 Å². The number of amides is 1. The standard InChI is InChI=1S/C14H23N3OS2/c1-2-19-11-5-3-4-8-17(9-11)14(18)12-10-20-13(16-12)6-7-15/h10-11H,2-9,15H2,1H3. The fourth-order valence-electron chi connectivity index (χ4n) is 2.47. The average molecular weight is 313 g/mol. The highest BCUT2D eigenvalue weighted by atomic mass is 32.2. The first-order valence-electron chi connectivity index (χ1n) is 7.30. The van der Waals surface area contributed by atoms with Gasteiger partial charge in [-0.3, -0.25) is 4.79 Å². The number of thiazole rings is 1. The molecule has 0 bridgehead atoms. The average Bonchev–Trinajstić information content (AvgIpc) is 2.77. The molecule has 1 amide bonds. The summed E-state index contributed by atoms with van der Waals surface area (Å²) < 4.78 is 0. The van der Waals surface area contributed by atoms with Crippen molar-refractivity contribution in [2.75, 3.05) is 25.4 Å². The molecule has 0 aliphatic carbocycles. The zero-order valence-corrected chi connectivity index (χ0v) is 13.6. The molecular weight excluding hydrogens is 290 g/mol. The van der Waals surface area contributed by atoms with Gasteiger partial charge in [0, 0.05) is 30.1 Å². The topological polar surface area (TPSA) is 59.2 Å². The molecule has 1 aliphatic heterocycles. The third-order valence-corrected chi connectivity index (χ3v) is 5.54. The first-order chi connectivity index (χ1) is 9.74. The van der Waals surface area contributed by atoms with E-state index in [0.717, 1.165) is 36.7 Å². The van der Waals surface area contributed by atoms with Gasteiger partial charge in [0.1, 0.15) is 5.69 Å². The van der Waals surface area contributed by atoms with E-state index in [1.54, 1.807) is 0 Å². The fourth-order valence-corrected chi connectivity index (χ4v) is 4.35. The zero-order chi connectivity index (χ0) is 14.4. The third kappa shape index (κ3) is 4.20. The van der Waals surface area contributed by atoms with Crippen LogP contribution in [0, 0.1) is 0 Å². The maximum Gasteiger partial charge on any atom is 0.273 e. The van der Waals surface area contributed by atoms with Crippen LogP contribution >= 0.6 is 23.1 Å². The minimum absolute atomic E-state index is 0.0909. The van der Waals surface area contributed by atoms with E-state index in [4.69, 9.17) is 5.73 Å².